The molecular formula is C26H23ClN6O2. The molecule has 5 rings (SSSR count). The zero-order valence-electron chi connectivity index (χ0n) is 19.1. The van der Waals surface area contributed by atoms with E-state index in [9.17, 15) is 4.79 Å². The zero-order chi connectivity index (χ0) is 24.2. The van der Waals surface area contributed by atoms with E-state index >= 15 is 0 Å². The Balaban J connectivity index is 1.31. The van der Waals surface area contributed by atoms with Gasteiger partial charge in [-0.1, -0.05) is 42.5 Å². The number of rotatable bonds is 8. The number of benzene rings is 2. The van der Waals surface area contributed by atoms with Crippen LogP contribution < -0.4 is 15.6 Å². The van der Waals surface area contributed by atoms with E-state index in [2.05, 4.69) is 20.4 Å². The number of fused-ring (bicyclic) bond motifs is 1. The van der Waals surface area contributed by atoms with Crippen molar-refractivity contribution in [1.82, 2.24) is 24.3 Å². The highest BCUT2D eigenvalue weighted by Gasteiger charge is 2.12. The van der Waals surface area contributed by atoms with Gasteiger partial charge in [-0.15, -0.1) is 0 Å². The van der Waals surface area contributed by atoms with Gasteiger partial charge in [0, 0.05) is 25.0 Å². The van der Waals surface area contributed by atoms with Gasteiger partial charge < -0.3 is 14.6 Å². The highest BCUT2D eigenvalue weighted by molar-refractivity contribution is 6.28. The number of halogens is 1. The lowest BCUT2D eigenvalue weighted by Gasteiger charge is -2.07. The summed E-state index contributed by atoms with van der Waals surface area (Å²) in [4.78, 5) is 20.6. The molecule has 176 valence electrons. The average molecular weight is 487 g/mol. The molecule has 0 aliphatic carbocycles. The molecule has 9 heteroatoms. The van der Waals surface area contributed by atoms with Crippen molar-refractivity contribution in [3.05, 3.63) is 111 Å². The summed E-state index contributed by atoms with van der Waals surface area (Å²) in [6.45, 7) is 1.67. The molecule has 0 spiro atoms. The van der Waals surface area contributed by atoms with Gasteiger partial charge in [-0.3, -0.25) is 9.48 Å². The second kappa shape index (κ2) is 9.99. The molecule has 0 radical (unpaired) electrons. The van der Waals surface area contributed by atoms with Crippen molar-refractivity contribution in [3.8, 4) is 5.75 Å². The number of methoxy groups -OCH3 is 1. The number of ether oxygens (including phenoxy) is 1. The predicted molar refractivity (Wildman–Crippen MR) is 136 cm³/mol. The van der Waals surface area contributed by atoms with Crippen LogP contribution in [0.2, 0.25) is 5.28 Å². The fourth-order valence-electron chi connectivity index (χ4n) is 3.80. The molecule has 1 N–H and O–H groups in total. The van der Waals surface area contributed by atoms with Crippen LogP contribution in [0.4, 0.5) is 5.82 Å². The van der Waals surface area contributed by atoms with Gasteiger partial charge in [0.1, 0.15) is 11.6 Å². The summed E-state index contributed by atoms with van der Waals surface area (Å²) < 4.78 is 8.71. The molecule has 5 aromatic rings. The standard InChI is InChI=1S/C26H23ClN6O2/c1-35-21-11-9-18(10-12-21)14-28-24-22-17-33(31-25(22)30-26(27)29-24)16-20-7-5-19(6-8-20)15-32-13-3-2-4-23(32)34/h2-13,17H,14-16H2,1H3,(H,28,29,30,31). The molecule has 0 aliphatic rings. The monoisotopic (exact) mass is 486 g/mol. The van der Waals surface area contributed by atoms with Gasteiger partial charge in [0.15, 0.2) is 5.65 Å². The maximum absolute atomic E-state index is 11.9. The lowest BCUT2D eigenvalue weighted by atomic mass is 10.1. The Bertz CT molecular complexity index is 1510. The van der Waals surface area contributed by atoms with Gasteiger partial charge in [0.2, 0.25) is 5.28 Å². The van der Waals surface area contributed by atoms with E-state index in [1.165, 1.54) is 0 Å². The van der Waals surface area contributed by atoms with Gasteiger partial charge in [-0.05, 0) is 46.5 Å². The van der Waals surface area contributed by atoms with Crippen LogP contribution in [0.25, 0.3) is 11.0 Å². The zero-order valence-corrected chi connectivity index (χ0v) is 19.8. The minimum atomic E-state index is -0.0176. The van der Waals surface area contributed by atoms with Crippen LogP contribution in [0.5, 0.6) is 5.75 Å². The fraction of sp³-hybridized carbons (Fsp3) is 0.154. The summed E-state index contributed by atoms with van der Waals surface area (Å²) in [5.74, 6) is 1.44. The molecule has 0 aliphatic heterocycles. The number of nitrogens with one attached hydrogen (secondary N) is 1. The number of aromatic nitrogens is 5. The van der Waals surface area contributed by atoms with E-state index in [4.69, 9.17) is 16.3 Å². The minimum absolute atomic E-state index is 0.0176. The van der Waals surface area contributed by atoms with Gasteiger partial charge in [-0.2, -0.15) is 15.1 Å². The topological polar surface area (TPSA) is 86.9 Å². The third-order valence-corrected chi connectivity index (χ3v) is 5.81. The van der Waals surface area contributed by atoms with Crippen molar-refractivity contribution in [2.75, 3.05) is 12.4 Å². The molecule has 0 saturated carbocycles. The van der Waals surface area contributed by atoms with Crippen LogP contribution in [0.1, 0.15) is 16.7 Å². The summed E-state index contributed by atoms with van der Waals surface area (Å²) in [6.07, 6.45) is 3.71. The number of pyridine rings is 1. The number of nitrogens with zero attached hydrogens (tertiary/aromatic N) is 5. The Hall–Kier alpha value is -4.17. The number of anilines is 1. The van der Waals surface area contributed by atoms with Crippen molar-refractivity contribution in [3.63, 3.8) is 0 Å². The molecule has 0 bridgehead atoms. The molecular weight excluding hydrogens is 464 g/mol. The Morgan fingerprint density at radius 3 is 2.34 bits per heavy atom. The Morgan fingerprint density at radius 1 is 0.914 bits per heavy atom. The Labute approximate surface area is 206 Å². The van der Waals surface area contributed by atoms with Crippen molar-refractivity contribution in [2.45, 2.75) is 19.6 Å². The normalized spacial score (nSPS) is 11.0. The smallest absolute Gasteiger partial charge is 0.250 e. The molecule has 8 nitrogen and oxygen atoms in total. The summed E-state index contributed by atoms with van der Waals surface area (Å²) in [5, 5.41) is 8.86. The van der Waals surface area contributed by atoms with E-state index in [0.29, 0.717) is 31.1 Å². The van der Waals surface area contributed by atoms with Gasteiger partial charge in [0.25, 0.3) is 5.56 Å². The molecule has 3 heterocycles. The Morgan fingerprint density at radius 2 is 1.63 bits per heavy atom. The molecule has 35 heavy (non-hydrogen) atoms. The maximum Gasteiger partial charge on any atom is 0.250 e. The quantitative estimate of drug-likeness (QED) is 0.328. The van der Waals surface area contributed by atoms with Crippen molar-refractivity contribution >= 4 is 28.5 Å². The lowest BCUT2D eigenvalue weighted by molar-refractivity contribution is 0.414. The molecule has 0 unspecified atom stereocenters. The first-order chi connectivity index (χ1) is 17.1. The van der Waals surface area contributed by atoms with Crippen LogP contribution >= 0.6 is 11.6 Å². The van der Waals surface area contributed by atoms with Gasteiger partial charge >= 0.3 is 0 Å². The van der Waals surface area contributed by atoms with E-state index in [0.717, 1.165) is 27.8 Å². The first-order valence-corrected chi connectivity index (χ1v) is 11.5. The number of hydrogen-bond donors (Lipinski definition) is 1. The molecule has 0 atom stereocenters. The van der Waals surface area contributed by atoms with Crippen molar-refractivity contribution < 1.29 is 4.74 Å². The van der Waals surface area contributed by atoms with Crippen molar-refractivity contribution in [2.24, 2.45) is 0 Å². The van der Waals surface area contributed by atoms with E-state index in [1.807, 2.05) is 65.5 Å². The summed E-state index contributed by atoms with van der Waals surface area (Å²) >= 11 is 6.16. The summed E-state index contributed by atoms with van der Waals surface area (Å²) in [6, 6.07) is 21.1. The van der Waals surface area contributed by atoms with Crippen LogP contribution in [-0.4, -0.2) is 31.4 Å². The highest BCUT2D eigenvalue weighted by atomic mass is 35.5. The average Bonchev–Trinajstić information content (AvgIpc) is 3.27. The lowest BCUT2D eigenvalue weighted by Crippen LogP contribution is -2.18. The molecule has 0 saturated heterocycles. The first kappa shape index (κ1) is 22.6. The van der Waals surface area contributed by atoms with E-state index in [1.54, 1.807) is 30.0 Å². The van der Waals surface area contributed by atoms with Crippen LogP contribution in [0.15, 0.2) is 83.9 Å². The second-order valence-electron chi connectivity index (χ2n) is 8.09. The van der Waals surface area contributed by atoms with Crippen LogP contribution in [-0.2, 0) is 19.6 Å². The largest absolute Gasteiger partial charge is 0.497 e. The molecule has 3 aromatic heterocycles. The van der Waals surface area contributed by atoms with E-state index < -0.39 is 0 Å². The fourth-order valence-corrected chi connectivity index (χ4v) is 3.96. The molecule has 2 aromatic carbocycles. The first-order valence-electron chi connectivity index (χ1n) is 11.1. The molecule has 0 amide bonds. The highest BCUT2D eigenvalue weighted by Crippen LogP contribution is 2.23. The third-order valence-electron chi connectivity index (χ3n) is 5.64. The molecule has 0 fully saturated rings. The van der Waals surface area contributed by atoms with Crippen LogP contribution in [0, 0.1) is 0 Å². The summed E-state index contributed by atoms with van der Waals surface area (Å²) in [7, 11) is 1.64. The second-order valence-corrected chi connectivity index (χ2v) is 8.43. The van der Waals surface area contributed by atoms with E-state index in [-0.39, 0.29) is 10.8 Å². The maximum atomic E-state index is 11.9. The van der Waals surface area contributed by atoms with Gasteiger partial charge in [-0.25, -0.2) is 0 Å². The third kappa shape index (κ3) is 5.33. The van der Waals surface area contributed by atoms with Crippen molar-refractivity contribution in [1.29, 1.82) is 0 Å². The Kier molecular flexibility index (Phi) is 6.45. The van der Waals surface area contributed by atoms with Gasteiger partial charge in [0.05, 0.1) is 25.6 Å². The SMILES string of the molecule is COc1ccc(CNc2nc(Cl)nc3nn(Cc4ccc(Cn5ccccc5=O)cc4)cc23)cc1. The minimum Gasteiger partial charge on any atom is -0.497 e. The predicted octanol–water partition coefficient (Wildman–Crippen LogP) is 4.36. The van der Waals surface area contributed by atoms with Crippen LogP contribution in [0.3, 0.4) is 0 Å². The summed E-state index contributed by atoms with van der Waals surface area (Å²) in [5.41, 5.74) is 3.72. The number of hydrogen-bond acceptors (Lipinski definition) is 6.